The first-order valence-electron chi connectivity index (χ1n) is 5.58. The molecule has 14 heavy (non-hydrogen) atoms. The van der Waals surface area contributed by atoms with Crippen molar-refractivity contribution in [2.75, 3.05) is 0 Å². The van der Waals surface area contributed by atoms with Crippen LogP contribution in [0.4, 0.5) is 0 Å². The summed E-state index contributed by atoms with van der Waals surface area (Å²) in [7, 11) is 0. The Hall–Kier alpha value is -0.830. The molecule has 3 nitrogen and oxygen atoms in total. The van der Waals surface area contributed by atoms with Gasteiger partial charge >= 0.3 is 0 Å². The Kier molecular flexibility index (Phi) is 3.19. The van der Waals surface area contributed by atoms with E-state index >= 15 is 0 Å². The van der Waals surface area contributed by atoms with Crippen LogP contribution in [0.5, 0.6) is 0 Å². The molecule has 1 heterocycles. The van der Waals surface area contributed by atoms with Gasteiger partial charge in [0, 0.05) is 24.5 Å². The Morgan fingerprint density at radius 2 is 2.36 bits per heavy atom. The lowest BCUT2D eigenvalue weighted by Crippen LogP contribution is -2.31. The Balaban J connectivity index is 1.74. The van der Waals surface area contributed by atoms with E-state index in [0.717, 1.165) is 12.5 Å². The number of hydrogen-bond acceptors (Lipinski definition) is 2. The lowest BCUT2D eigenvalue weighted by atomic mass is 10.00. The van der Waals surface area contributed by atoms with Gasteiger partial charge < -0.3 is 5.32 Å². The summed E-state index contributed by atoms with van der Waals surface area (Å²) in [5.74, 6) is 0.887. The molecule has 1 atom stereocenters. The van der Waals surface area contributed by atoms with Gasteiger partial charge in [-0.15, -0.1) is 0 Å². The van der Waals surface area contributed by atoms with Crippen LogP contribution in [0.15, 0.2) is 12.3 Å². The van der Waals surface area contributed by atoms with E-state index in [-0.39, 0.29) is 0 Å². The fourth-order valence-corrected chi connectivity index (χ4v) is 2.28. The molecule has 0 unspecified atom stereocenters. The zero-order valence-electron chi connectivity index (χ0n) is 8.79. The third-order valence-electron chi connectivity index (χ3n) is 3.28. The number of nitrogens with one attached hydrogen (secondary N) is 2. The van der Waals surface area contributed by atoms with Crippen molar-refractivity contribution in [1.29, 1.82) is 0 Å². The lowest BCUT2D eigenvalue weighted by Gasteiger charge is -2.19. The summed E-state index contributed by atoms with van der Waals surface area (Å²) >= 11 is 0. The van der Waals surface area contributed by atoms with E-state index in [1.807, 2.05) is 6.07 Å². The molecule has 2 N–H and O–H groups in total. The number of rotatable bonds is 4. The summed E-state index contributed by atoms with van der Waals surface area (Å²) in [5, 5.41) is 10.5. The number of H-pyrrole nitrogens is 1. The first-order chi connectivity index (χ1) is 6.86. The zero-order chi connectivity index (χ0) is 9.80. The van der Waals surface area contributed by atoms with Gasteiger partial charge in [-0.05, 0) is 31.7 Å². The van der Waals surface area contributed by atoms with Crippen molar-refractivity contribution >= 4 is 0 Å². The molecule has 78 valence electrons. The van der Waals surface area contributed by atoms with Crippen LogP contribution in [0.1, 0.15) is 38.3 Å². The molecule has 0 saturated heterocycles. The van der Waals surface area contributed by atoms with E-state index in [1.54, 1.807) is 6.20 Å². The van der Waals surface area contributed by atoms with Crippen LogP contribution in [0.3, 0.4) is 0 Å². The normalized spacial score (nSPS) is 20.1. The van der Waals surface area contributed by atoms with E-state index < -0.39 is 0 Å². The average Bonchev–Trinajstić information content (AvgIpc) is 2.87. The standard InChI is InChI=1S/C11H19N3/c1-9(10-4-2-3-5-10)12-8-11-6-7-13-14-11/h6-7,9-10,12H,2-5,8H2,1H3,(H,13,14)/t9-/m1/s1. The molecule has 0 aromatic carbocycles. The van der Waals surface area contributed by atoms with Crippen LogP contribution >= 0.6 is 0 Å². The zero-order valence-corrected chi connectivity index (χ0v) is 8.79. The molecule has 0 radical (unpaired) electrons. The van der Waals surface area contributed by atoms with Gasteiger partial charge in [0.25, 0.3) is 0 Å². The topological polar surface area (TPSA) is 40.7 Å². The second kappa shape index (κ2) is 4.60. The van der Waals surface area contributed by atoms with Gasteiger partial charge in [0.2, 0.25) is 0 Å². The van der Waals surface area contributed by atoms with Crippen LogP contribution < -0.4 is 5.32 Å². The van der Waals surface area contributed by atoms with Gasteiger partial charge in [0.05, 0.1) is 0 Å². The monoisotopic (exact) mass is 193 g/mol. The second-order valence-corrected chi connectivity index (χ2v) is 4.30. The predicted octanol–water partition coefficient (Wildman–Crippen LogP) is 2.08. The highest BCUT2D eigenvalue weighted by Gasteiger charge is 2.20. The van der Waals surface area contributed by atoms with Crippen LogP contribution in [-0.4, -0.2) is 16.2 Å². The van der Waals surface area contributed by atoms with E-state index in [1.165, 1.54) is 31.4 Å². The molecular weight excluding hydrogens is 174 g/mol. The molecule has 0 spiro atoms. The molecule has 1 aliphatic carbocycles. The fourth-order valence-electron chi connectivity index (χ4n) is 2.28. The van der Waals surface area contributed by atoms with E-state index in [2.05, 4.69) is 22.4 Å². The highest BCUT2D eigenvalue weighted by atomic mass is 15.1. The Labute approximate surface area is 85.3 Å². The molecule has 1 aromatic heterocycles. The van der Waals surface area contributed by atoms with Gasteiger partial charge in [-0.3, -0.25) is 5.10 Å². The maximum atomic E-state index is 3.93. The second-order valence-electron chi connectivity index (χ2n) is 4.30. The SMILES string of the molecule is C[C@@H](NCc1ccn[nH]1)C1CCCC1. The number of nitrogens with zero attached hydrogens (tertiary/aromatic N) is 1. The van der Waals surface area contributed by atoms with Crippen LogP contribution in [0.25, 0.3) is 0 Å². The maximum Gasteiger partial charge on any atom is 0.0490 e. The van der Waals surface area contributed by atoms with Gasteiger partial charge in [-0.25, -0.2) is 0 Å². The van der Waals surface area contributed by atoms with Crippen molar-refractivity contribution in [3.8, 4) is 0 Å². The molecule has 0 bridgehead atoms. The van der Waals surface area contributed by atoms with Crippen molar-refractivity contribution in [2.24, 2.45) is 5.92 Å². The Morgan fingerprint density at radius 3 is 3.00 bits per heavy atom. The van der Waals surface area contributed by atoms with E-state index in [4.69, 9.17) is 0 Å². The van der Waals surface area contributed by atoms with Crippen LogP contribution in [0, 0.1) is 5.92 Å². The molecule has 3 heteroatoms. The molecule has 2 rings (SSSR count). The smallest absolute Gasteiger partial charge is 0.0490 e. The first-order valence-corrected chi connectivity index (χ1v) is 5.58. The van der Waals surface area contributed by atoms with E-state index in [0.29, 0.717) is 6.04 Å². The van der Waals surface area contributed by atoms with Gasteiger partial charge in [0.15, 0.2) is 0 Å². The van der Waals surface area contributed by atoms with Gasteiger partial charge in [-0.2, -0.15) is 5.10 Å². The highest BCUT2D eigenvalue weighted by molar-refractivity contribution is 4.97. The number of hydrogen-bond donors (Lipinski definition) is 2. The molecule has 1 saturated carbocycles. The van der Waals surface area contributed by atoms with Gasteiger partial charge in [0.1, 0.15) is 0 Å². The van der Waals surface area contributed by atoms with Crippen LogP contribution in [-0.2, 0) is 6.54 Å². The molecule has 0 amide bonds. The van der Waals surface area contributed by atoms with E-state index in [9.17, 15) is 0 Å². The molecular formula is C11H19N3. The highest BCUT2D eigenvalue weighted by Crippen LogP contribution is 2.27. The average molecular weight is 193 g/mol. The van der Waals surface area contributed by atoms with Crippen LogP contribution in [0.2, 0.25) is 0 Å². The Morgan fingerprint density at radius 1 is 1.57 bits per heavy atom. The van der Waals surface area contributed by atoms with Crippen molar-refractivity contribution in [3.05, 3.63) is 18.0 Å². The number of aromatic amines is 1. The minimum absolute atomic E-state index is 0.640. The predicted molar refractivity (Wildman–Crippen MR) is 56.8 cm³/mol. The number of aromatic nitrogens is 2. The van der Waals surface area contributed by atoms with Gasteiger partial charge in [-0.1, -0.05) is 12.8 Å². The molecule has 1 aliphatic rings. The van der Waals surface area contributed by atoms with Crippen molar-refractivity contribution < 1.29 is 0 Å². The summed E-state index contributed by atoms with van der Waals surface area (Å²) in [4.78, 5) is 0. The third-order valence-corrected chi connectivity index (χ3v) is 3.28. The largest absolute Gasteiger partial charge is 0.308 e. The quantitative estimate of drug-likeness (QED) is 0.768. The summed E-state index contributed by atoms with van der Waals surface area (Å²) < 4.78 is 0. The fraction of sp³-hybridized carbons (Fsp3) is 0.727. The summed E-state index contributed by atoms with van der Waals surface area (Å²) in [5.41, 5.74) is 1.18. The lowest BCUT2D eigenvalue weighted by molar-refractivity contribution is 0.379. The maximum absolute atomic E-state index is 3.93. The molecule has 1 aromatic rings. The summed E-state index contributed by atoms with van der Waals surface area (Å²) in [6, 6.07) is 2.66. The third kappa shape index (κ3) is 2.35. The molecule has 0 aliphatic heterocycles. The Bertz CT molecular complexity index is 250. The van der Waals surface area contributed by atoms with Crippen molar-refractivity contribution in [3.63, 3.8) is 0 Å². The van der Waals surface area contributed by atoms with Crippen molar-refractivity contribution in [2.45, 2.75) is 45.2 Å². The minimum atomic E-state index is 0.640. The summed E-state index contributed by atoms with van der Waals surface area (Å²) in [6.45, 7) is 3.21. The summed E-state index contributed by atoms with van der Waals surface area (Å²) in [6.07, 6.45) is 7.44. The minimum Gasteiger partial charge on any atom is -0.308 e. The first kappa shape index (κ1) is 9.71. The van der Waals surface area contributed by atoms with Crippen molar-refractivity contribution in [1.82, 2.24) is 15.5 Å². The molecule has 1 fully saturated rings.